The molecule has 2 aromatic rings. The fraction of sp³-hybridized carbons (Fsp3) is 0.211. The number of ether oxygens (including phenoxy) is 1. The molecule has 0 aliphatic carbocycles. The Kier molecular flexibility index (Phi) is 4.16. The highest BCUT2D eigenvalue weighted by atomic mass is 16.6. The van der Waals surface area contributed by atoms with E-state index in [1.807, 2.05) is 26.0 Å². The third-order valence-electron chi connectivity index (χ3n) is 4.21. The van der Waals surface area contributed by atoms with Gasteiger partial charge in [0.1, 0.15) is 5.75 Å². The summed E-state index contributed by atoms with van der Waals surface area (Å²) in [6.45, 7) is 4.38. The molecule has 0 saturated heterocycles. The van der Waals surface area contributed by atoms with Crippen molar-refractivity contribution in [2.75, 3.05) is 6.61 Å². The van der Waals surface area contributed by atoms with Gasteiger partial charge in [0.2, 0.25) is 0 Å². The summed E-state index contributed by atoms with van der Waals surface area (Å²) in [5.41, 5.74) is 4.14. The van der Waals surface area contributed by atoms with Crippen LogP contribution in [-0.2, 0) is 0 Å². The summed E-state index contributed by atoms with van der Waals surface area (Å²) < 4.78 is 5.72. The maximum Gasteiger partial charge on any atom is 0.269 e. The molecule has 24 heavy (non-hydrogen) atoms. The quantitative estimate of drug-likeness (QED) is 0.470. The molecule has 0 saturated carbocycles. The molecule has 0 atom stereocenters. The van der Waals surface area contributed by atoms with Crippen molar-refractivity contribution in [3.8, 4) is 5.75 Å². The summed E-state index contributed by atoms with van der Waals surface area (Å²) in [4.78, 5) is 23.1. The molecule has 0 bridgehead atoms. The Morgan fingerprint density at radius 3 is 2.46 bits per heavy atom. The molecule has 2 aromatic carbocycles. The number of nitro groups is 1. The molecule has 0 fully saturated rings. The van der Waals surface area contributed by atoms with Gasteiger partial charge >= 0.3 is 0 Å². The number of carbonyl (C=O) groups is 1. The van der Waals surface area contributed by atoms with Crippen LogP contribution in [0.15, 0.2) is 42.0 Å². The molecule has 0 aromatic heterocycles. The second-order valence-electron chi connectivity index (χ2n) is 5.88. The summed E-state index contributed by atoms with van der Waals surface area (Å²) in [6, 6.07) is 9.92. The summed E-state index contributed by atoms with van der Waals surface area (Å²) in [6.07, 6.45) is 2.28. The Morgan fingerprint density at radius 1 is 1.12 bits per heavy atom. The van der Waals surface area contributed by atoms with Crippen molar-refractivity contribution in [1.82, 2.24) is 0 Å². The van der Waals surface area contributed by atoms with Gasteiger partial charge in [0.05, 0.1) is 17.1 Å². The molecule has 5 heteroatoms. The minimum absolute atomic E-state index is 0.0316. The van der Waals surface area contributed by atoms with Crippen LogP contribution in [-0.4, -0.2) is 17.3 Å². The summed E-state index contributed by atoms with van der Waals surface area (Å²) in [5.74, 6) is 0.569. The van der Waals surface area contributed by atoms with Gasteiger partial charge in [-0.25, -0.2) is 0 Å². The number of ketones is 1. The monoisotopic (exact) mass is 323 g/mol. The first-order valence-corrected chi connectivity index (χ1v) is 7.69. The van der Waals surface area contributed by atoms with Gasteiger partial charge in [-0.3, -0.25) is 14.9 Å². The molecule has 0 N–H and O–H groups in total. The molecule has 5 nitrogen and oxygen atoms in total. The maximum atomic E-state index is 12.8. The SMILES string of the molecule is Cc1cc2c(cc1C)C(=O)/C(=C/c1ccc([N+](=O)[O-])cc1)CCO2. The molecule has 1 aliphatic heterocycles. The number of aryl methyl sites for hydroxylation is 2. The van der Waals surface area contributed by atoms with E-state index in [0.29, 0.717) is 29.9 Å². The standard InChI is InChI=1S/C19H17NO4/c1-12-9-17-18(10-13(12)2)24-8-7-15(19(17)21)11-14-3-5-16(6-4-14)20(22)23/h3-6,9-11H,7-8H2,1-2H3/b15-11+. The van der Waals surface area contributed by atoms with E-state index in [2.05, 4.69) is 0 Å². The zero-order valence-electron chi connectivity index (χ0n) is 13.5. The molecule has 0 amide bonds. The van der Waals surface area contributed by atoms with Crippen molar-refractivity contribution in [3.05, 3.63) is 74.3 Å². The molecule has 1 aliphatic rings. The maximum absolute atomic E-state index is 12.8. The zero-order valence-corrected chi connectivity index (χ0v) is 13.5. The second kappa shape index (κ2) is 6.28. The van der Waals surface area contributed by atoms with Crippen LogP contribution in [0.4, 0.5) is 5.69 Å². The minimum atomic E-state index is -0.442. The van der Waals surface area contributed by atoms with Gasteiger partial charge in [-0.15, -0.1) is 0 Å². The van der Waals surface area contributed by atoms with Crippen molar-refractivity contribution >= 4 is 17.5 Å². The predicted octanol–water partition coefficient (Wildman–Crippen LogP) is 4.26. The number of nitro benzene ring substituents is 1. The Labute approximate surface area is 139 Å². The fourth-order valence-electron chi connectivity index (χ4n) is 2.68. The van der Waals surface area contributed by atoms with Gasteiger partial charge in [0, 0.05) is 24.1 Å². The summed E-state index contributed by atoms with van der Waals surface area (Å²) in [5, 5.41) is 10.7. The first-order chi connectivity index (χ1) is 11.5. The predicted molar refractivity (Wildman–Crippen MR) is 91.4 cm³/mol. The third kappa shape index (κ3) is 3.06. The van der Waals surface area contributed by atoms with Gasteiger partial charge in [0.25, 0.3) is 5.69 Å². The molecular formula is C19H17NO4. The van der Waals surface area contributed by atoms with Crippen LogP contribution in [0.25, 0.3) is 6.08 Å². The minimum Gasteiger partial charge on any atom is -0.492 e. The number of non-ortho nitro benzene ring substituents is 1. The van der Waals surface area contributed by atoms with Crippen molar-refractivity contribution in [1.29, 1.82) is 0 Å². The Morgan fingerprint density at radius 2 is 1.79 bits per heavy atom. The lowest BCUT2D eigenvalue weighted by molar-refractivity contribution is -0.384. The van der Waals surface area contributed by atoms with E-state index in [1.165, 1.54) is 12.1 Å². The van der Waals surface area contributed by atoms with E-state index in [-0.39, 0.29) is 11.5 Å². The lowest BCUT2D eigenvalue weighted by Crippen LogP contribution is -2.03. The molecule has 122 valence electrons. The number of carbonyl (C=O) groups excluding carboxylic acids is 1. The first-order valence-electron chi connectivity index (χ1n) is 7.69. The van der Waals surface area contributed by atoms with Crippen LogP contribution >= 0.6 is 0 Å². The Bertz CT molecular complexity index is 850. The topological polar surface area (TPSA) is 69.4 Å². The molecule has 0 unspecified atom stereocenters. The molecule has 0 radical (unpaired) electrons. The highest BCUT2D eigenvalue weighted by Gasteiger charge is 2.22. The van der Waals surface area contributed by atoms with Crippen LogP contribution in [0.1, 0.15) is 33.5 Å². The van der Waals surface area contributed by atoms with Gasteiger partial charge in [0.15, 0.2) is 5.78 Å². The molecule has 1 heterocycles. The number of hydrogen-bond donors (Lipinski definition) is 0. The van der Waals surface area contributed by atoms with Gasteiger partial charge in [-0.2, -0.15) is 0 Å². The smallest absolute Gasteiger partial charge is 0.269 e. The molecule has 3 rings (SSSR count). The van der Waals surface area contributed by atoms with Crippen molar-refractivity contribution in [2.45, 2.75) is 20.3 Å². The van der Waals surface area contributed by atoms with Gasteiger partial charge in [-0.1, -0.05) is 0 Å². The number of nitrogens with zero attached hydrogens (tertiary/aromatic N) is 1. The van der Waals surface area contributed by atoms with Crippen LogP contribution in [0.5, 0.6) is 5.75 Å². The number of benzene rings is 2. The lowest BCUT2D eigenvalue weighted by atomic mass is 9.96. The lowest BCUT2D eigenvalue weighted by Gasteiger charge is -2.09. The number of rotatable bonds is 2. The van der Waals surface area contributed by atoms with E-state index >= 15 is 0 Å². The third-order valence-corrected chi connectivity index (χ3v) is 4.21. The average Bonchev–Trinajstić information content (AvgIpc) is 2.69. The van der Waals surface area contributed by atoms with E-state index in [9.17, 15) is 14.9 Å². The van der Waals surface area contributed by atoms with E-state index in [4.69, 9.17) is 4.74 Å². The number of fused-ring (bicyclic) bond motifs is 1. The normalized spacial score (nSPS) is 15.6. The van der Waals surface area contributed by atoms with Gasteiger partial charge < -0.3 is 4.74 Å². The van der Waals surface area contributed by atoms with E-state index < -0.39 is 4.92 Å². The van der Waals surface area contributed by atoms with Crippen LogP contribution in [0, 0.1) is 24.0 Å². The van der Waals surface area contributed by atoms with E-state index in [0.717, 1.165) is 16.7 Å². The Balaban J connectivity index is 1.97. The van der Waals surface area contributed by atoms with Crippen molar-refractivity contribution in [3.63, 3.8) is 0 Å². The highest BCUT2D eigenvalue weighted by molar-refractivity contribution is 6.13. The van der Waals surface area contributed by atoms with Crippen LogP contribution in [0.2, 0.25) is 0 Å². The number of Topliss-reactive ketones (excluding diaryl/α,β-unsaturated/α-hetero) is 1. The Hall–Kier alpha value is -2.95. The van der Waals surface area contributed by atoms with Crippen LogP contribution in [0.3, 0.4) is 0 Å². The van der Waals surface area contributed by atoms with Gasteiger partial charge in [-0.05, 0) is 60.9 Å². The zero-order chi connectivity index (χ0) is 17.3. The molecular weight excluding hydrogens is 306 g/mol. The number of hydrogen-bond acceptors (Lipinski definition) is 4. The average molecular weight is 323 g/mol. The summed E-state index contributed by atoms with van der Waals surface area (Å²) in [7, 11) is 0. The fourth-order valence-corrected chi connectivity index (χ4v) is 2.68. The molecule has 0 spiro atoms. The largest absolute Gasteiger partial charge is 0.492 e. The first kappa shape index (κ1) is 15.9. The van der Waals surface area contributed by atoms with E-state index in [1.54, 1.807) is 18.2 Å². The summed E-state index contributed by atoms with van der Waals surface area (Å²) >= 11 is 0. The van der Waals surface area contributed by atoms with Crippen molar-refractivity contribution in [2.24, 2.45) is 0 Å². The van der Waals surface area contributed by atoms with Crippen molar-refractivity contribution < 1.29 is 14.5 Å². The second-order valence-corrected chi connectivity index (χ2v) is 5.88. The van der Waals surface area contributed by atoms with Crippen LogP contribution < -0.4 is 4.74 Å². The highest BCUT2D eigenvalue weighted by Crippen LogP contribution is 2.30.